The zero-order chi connectivity index (χ0) is 9.26. The van der Waals surface area contributed by atoms with Crippen LogP contribution in [0.4, 0.5) is 0 Å². The lowest BCUT2D eigenvalue weighted by atomic mass is 9.96. The van der Waals surface area contributed by atoms with Crippen molar-refractivity contribution in [2.75, 3.05) is 0 Å². The van der Waals surface area contributed by atoms with Crippen LogP contribution in [0, 0.1) is 0 Å². The van der Waals surface area contributed by atoms with Gasteiger partial charge in [0.2, 0.25) is 0 Å². The normalized spacial score (nSPS) is 26.3. The minimum atomic E-state index is 0.148. The van der Waals surface area contributed by atoms with Gasteiger partial charge in [0.05, 0.1) is 0 Å². The highest BCUT2D eigenvalue weighted by atomic mass is 16.5. The molecule has 13 heavy (non-hydrogen) atoms. The van der Waals surface area contributed by atoms with E-state index < -0.39 is 0 Å². The molecule has 0 aromatic heterocycles. The molecule has 1 aromatic rings. The average Bonchev–Trinajstić information content (AvgIpc) is 2.18. The molecule has 1 aromatic carbocycles. The van der Waals surface area contributed by atoms with Crippen molar-refractivity contribution >= 4 is 0 Å². The van der Waals surface area contributed by atoms with Gasteiger partial charge in [0, 0.05) is 18.0 Å². The van der Waals surface area contributed by atoms with Crippen molar-refractivity contribution in [2.45, 2.75) is 31.9 Å². The summed E-state index contributed by atoms with van der Waals surface area (Å²) in [5.41, 5.74) is 7.18. The van der Waals surface area contributed by atoms with Crippen LogP contribution in [-0.2, 0) is 0 Å². The number of hydrogen-bond acceptors (Lipinski definition) is 2. The molecule has 1 aliphatic rings. The SMILES string of the molecule is CCC1C[C@@H](N)c2ccccc2O1. The van der Waals surface area contributed by atoms with E-state index in [0.29, 0.717) is 6.10 Å². The van der Waals surface area contributed by atoms with E-state index in [-0.39, 0.29) is 6.04 Å². The molecule has 2 nitrogen and oxygen atoms in total. The first-order valence-corrected chi connectivity index (χ1v) is 4.82. The van der Waals surface area contributed by atoms with Crippen LogP contribution in [0.1, 0.15) is 31.4 Å². The summed E-state index contributed by atoms with van der Waals surface area (Å²) in [5, 5.41) is 0. The van der Waals surface area contributed by atoms with Gasteiger partial charge in [-0.1, -0.05) is 25.1 Å². The second-order valence-corrected chi connectivity index (χ2v) is 3.53. The summed E-state index contributed by atoms with van der Waals surface area (Å²) in [6.07, 6.45) is 2.26. The summed E-state index contributed by atoms with van der Waals surface area (Å²) >= 11 is 0. The summed E-state index contributed by atoms with van der Waals surface area (Å²) in [7, 11) is 0. The summed E-state index contributed by atoms with van der Waals surface area (Å²) in [6, 6.07) is 8.19. The van der Waals surface area contributed by atoms with Gasteiger partial charge in [0.1, 0.15) is 11.9 Å². The van der Waals surface area contributed by atoms with E-state index in [2.05, 4.69) is 6.92 Å². The number of ether oxygens (including phenoxy) is 1. The lowest BCUT2D eigenvalue weighted by molar-refractivity contribution is 0.155. The monoisotopic (exact) mass is 177 g/mol. The molecule has 0 saturated carbocycles. The Morgan fingerprint density at radius 1 is 1.46 bits per heavy atom. The Morgan fingerprint density at radius 3 is 3.00 bits per heavy atom. The molecule has 1 aliphatic heterocycles. The maximum atomic E-state index is 6.03. The van der Waals surface area contributed by atoms with Crippen LogP contribution in [-0.4, -0.2) is 6.10 Å². The van der Waals surface area contributed by atoms with Crippen LogP contribution in [0.15, 0.2) is 24.3 Å². The molecule has 2 atom stereocenters. The van der Waals surface area contributed by atoms with E-state index in [0.717, 1.165) is 24.2 Å². The van der Waals surface area contributed by atoms with Gasteiger partial charge in [-0.25, -0.2) is 0 Å². The molecule has 0 fully saturated rings. The van der Waals surface area contributed by atoms with E-state index >= 15 is 0 Å². The van der Waals surface area contributed by atoms with Crippen LogP contribution in [0.5, 0.6) is 5.75 Å². The van der Waals surface area contributed by atoms with E-state index in [1.165, 1.54) is 0 Å². The van der Waals surface area contributed by atoms with Crippen molar-refractivity contribution in [2.24, 2.45) is 5.73 Å². The molecule has 70 valence electrons. The molecule has 1 heterocycles. The molecule has 0 amide bonds. The molecule has 0 bridgehead atoms. The minimum absolute atomic E-state index is 0.148. The van der Waals surface area contributed by atoms with Crippen molar-refractivity contribution in [1.29, 1.82) is 0 Å². The van der Waals surface area contributed by atoms with Gasteiger partial charge in [-0.3, -0.25) is 0 Å². The maximum absolute atomic E-state index is 6.03. The fourth-order valence-electron chi connectivity index (χ4n) is 1.78. The summed E-state index contributed by atoms with van der Waals surface area (Å²) in [6.45, 7) is 2.13. The Balaban J connectivity index is 2.31. The van der Waals surface area contributed by atoms with Crippen LogP contribution in [0.3, 0.4) is 0 Å². The van der Waals surface area contributed by atoms with Crippen LogP contribution in [0.25, 0.3) is 0 Å². The smallest absolute Gasteiger partial charge is 0.124 e. The fourth-order valence-corrected chi connectivity index (χ4v) is 1.78. The quantitative estimate of drug-likeness (QED) is 0.714. The third-order valence-electron chi connectivity index (χ3n) is 2.58. The molecule has 0 spiro atoms. The third kappa shape index (κ3) is 1.54. The molecular weight excluding hydrogens is 162 g/mol. The molecule has 2 N–H and O–H groups in total. The zero-order valence-corrected chi connectivity index (χ0v) is 7.86. The number of fused-ring (bicyclic) bond motifs is 1. The first-order valence-electron chi connectivity index (χ1n) is 4.82. The average molecular weight is 177 g/mol. The topological polar surface area (TPSA) is 35.2 Å². The van der Waals surface area contributed by atoms with Crippen molar-refractivity contribution in [3.05, 3.63) is 29.8 Å². The molecule has 1 unspecified atom stereocenters. The lowest BCUT2D eigenvalue weighted by Gasteiger charge is -2.29. The predicted octanol–water partition coefficient (Wildman–Crippen LogP) is 2.25. The number of nitrogens with two attached hydrogens (primary N) is 1. The van der Waals surface area contributed by atoms with Crippen LogP contribution in [0.2, 0.25) is 0 Å². The van der Waals surface area contributed by atoms with Crippen molar-refractivity contribution in [1.82, 2.24) is 0 Å². The Bertz CT molecular complexity index is 298. The Morgan fingerprint density at radius 2 is 2.23 bits per heavy atom. The minimum Gasteiger partial charge on any atom is -0.490 e. The number of hydrogen-bond donors (Lipinski definition) is 1. The largest absolute Gasteiger partial charge is 0.490 e. The number of rotatable bonds is 1. The van der Waals surface area contributed by atoms with Gasteiger partial charge in [0.25, 0.3) is 0 Å². The zero-order valence-electron chi connectivity index (χ0n) is 7.86. The highest BCUT2D eigenvalue weighted by Gasteiger charge is 2.23. The van der Waals surface area contributed by atoms with E-state index in [9.17, 15) is 0 Å². The summed E-state index contributed by atoms with van der Waals surface area (Å²) in [4.78, 5) is 0. The molecule has 2 heteroatoms. The van der Waals surface area contributed by atoms with E-state index in [1.54, 1.807) is 0 Å². The number of benzene rings is 1. The number of para-hydroxylation sites is 1. The highest BCUT2D eigenvalue weighted by Crippen LogP contribution is 2.33. The highest BCUT2D eigenvalue weighted by molar-refractivity contribution is 5.37. The Kier molecular flexibility index (Phi) is 2.23. The maximum Gasteiger partial charge on any atom is 0.124 e. The van der Waals surface area contributed by atoms with Crippen LogP contribution < -0.4 is 10.5 Å². The van der Waals surface area contributed by atoms with Crippen molar-refractivity contribution < 1.29 is 4.74 Å². The Hall–Kier alpha value is -1.02. The van der Waals surface area contributed by atoms with Gasteiger partial charge in [0.15, 0.2) is 0 Å². The molecule has 0 radical (unpaired) electrons. The first-order chi connectivity index (χ1) is 6.31. The van der Waals surface area contributed by atoms with E-state index in [1.807, 2.05) is 24.3 Å². The second-order valence-electron chi connectivity index (χ2n) is 3.53. The molecule has 0 saturated heterocycles. The van der Waals surface area contributed by atoms with E-state index in [4.69, 9.17) is 10.5 Å². The first kappa shape index (κ1) is 8.57. The van der Waals surface area contributed by atoms with Gasteiger partial charge in [-0.05, 0) is 12.5 Å². The van der Waals surface area contributed by atoms with Gasteiger partial charge >= 0.3 is 0 Å². The molecule has 0 aliphatic carbocycles. The third-order valence-corrected chi connectivity index (χ3v) is 2.58. The molecule has 2 rings (SSSR count). The summed E-state index contributed by atoms with van der Waals surface area (Å²) < 4.78 is 5.77. The summed E-state index contributed by atoms with van der Waals surface area (Å²) in [5.74, 6) is 0.966. The fraction of sp³-hybridized carbons (Fsp3) is 0.455. The molecular formula is C11H15NO. The standard InChI is InChI=1S/C11H15NO/c1-2-8-7-10(12)9-5-3-4-6-11(9)13-8/h3-6,8,10H,2,7,12H2,1H3/t8?,10-/m1/s1. The van der Waals surface area contributed by atoms with Crippen LogP contribution >= 0.6 is 0 Å². The Labute approximate surface area is 78.7 Å². The lowest BCUT2D eigenvalue weighted by Crippen LogP contribution is -2.28. The van der Waals surface area contributed by atoms with Crippen molar-refractivity contribution in [3.8, 4) is 5.75 Å². The van der Waals surface area contributed by atoms with Crippen molar-refractivity contribution in [3.63, 3.8) is 0 Å². The van der Waals surface area contributed by atoms with Gasteiger partial charge in [-0.2, -0.15) is 0 Å². The van der Waals surface area contributed by atoms with Gasteiger partial charge < -0.3 is 10.5 Å². The van der Waals surface area contributed by atoms with Gasteiger partial charge in [-0.15, -0.1) is 0 Å². The second kappa shape index (κ2) is 3.38. The predicted molar refractivity (Wildman–Crippen MR) is 52.7 cm³/mol.